The zero-order valence-corrected chi connectivity index (χ0v) is 7.55. The molecule has 0 heterocycles. The normalized spacial score (nSPS) is 14.5. The van der Waals surface area contributed by atoms with E-state index in [2.05, 4.69) is 0 Å². The summed E-state index contributed by atoms with van der Waals surface area (Å²) in [5.41, 5.74) is -0.255. The van der Waals surface area contributed by atoms with Crippen LogP contribution < -0.4 is 0 Å². The number of hydrogen-bond donors (Lipinski definition) is 1. The summed E-state index contributed by atoms with van der Waals surface area (Å²) in [5.74, 6) is -0.818. The van der Waals surface area contributed by atoms with Gasteiger partial charge in [0.25, 0.3) is 0 Å². The van der Waals surface area contributed by atoms with Crippen molar-refractivity contribution in [1.82, 2.24) is 0 Å². The first kappa shape index (κ1) is 10.4. The van der Waals surface area contributed by atoms with Crippen LogP contribution in [-0.4, -0.2) is 22.8 Å². The van der Waals surface area contributed by atoms with Crippen LogP contribution in [0.25, 0.3) is 0 Å². The van der Waals surface area contributed by atoms with E-state index < -0.39 is 5.97 Å². The zero-order chi connectivity index (χ0) is 9.07. The van der Waals surface area contributed by atoms with Gasteiger partial charge in [-0.05, 0) is 27.7 Å². The Hall–Kier alpha value is -0.570. The number of carbonyl (C=O) groups is 1. The molecule has 0 unspecified atom stereocenters. The first-order valence-electron chi connectivity index (χ1n) is 3.71. The SMILES string of the molecule is C[C@@H](CC(=O)O)OC(C)(C)C. The van der Waals surface area contributed by atoms with Gasteiger partial charge >= 0.3 is 5.97 Å². The number of hydrogen-bond acceptors (Lipinski definition) is 2. The second kappa shape index (κ2) is 3.72. The fourth-order valence-electron chi connectivity index (χ4n) is 0.891. The van der Waals surface area contributed by atoms with Crippen molar-refractivity contribution >= 4 is 5.97 Å². The van der Waals surface area contributed by atoms with E-state index in [0.717, 1.165) is 0 Å². The van der Waals surface area contributed by atoms with E-state index in [1.54, 1.807) is 6.92 Å². The predicted molar refractivity (Wildman–Crippen MR) is 42.6 cm³/mol. The van der Waals surface area contributed by atoms with Gasteiger partial charge in [-0.3, -0.25) is 4.79 Å². The van der Waals surface area contributed by atoms with Crippen molar-refractivity contribution in [2.75, 3.05) is 0 Å². The van der Waals surface area contributed by atoms with Crippen molar-refractivity contribution in [1.29, 1.82) is 0 Å². The predicted octanol–water partition coefficient (Wildman–Crippen LogP) is 1.66. The Morgan fingerprint density at radius 2 is 2.00 bits per heavy atom. The number of rotatable bonds is 3. The fourth-order valence-corrected chi connectivity index (χ4v) is 0.891. The Balaban J connectivity index is 3.69. The lowest BCUT2D eigenvalue weighted by molar-refractivity contribution is -0.142. The van der Waals surface area contributed by atoms with Gasteiger partial charge in [-0.15, -0.1) is 0 Å². The molecule has 0 aromatic rings. The van der Waals surface area contributed by atoms with Crippen LogP contribution in [0.2, 0.25) is 0 Å². The molecular formula is C8H16O3. The van der Waals surface area contributed by atoms with Gasteiger partial charge in [0.15, 0.2) is 0 Å². The van der Waals surface area contributed by atoms with E-state index in [1.165, 1.54) is 0 Å². The van der Waals surface area contributed by atoms with Crippen molar-refractivity contribution in [3.63, 3.8) is 0 Å². The molecule has 66 valence electrons. The molecule has 0 radical (unpaired) electrons. The first-order chi connectivity index (χ1) is 4.81. The molecule has 0 fully saturated rings. The summed E-state index contributed by atoms with van der Waals surface area (Å²) in [6.45, 7) is 7.49. The lowest BCUT2D eigenvalue weighted by Crippen LogP contribution is -2.27. The molecule has 0 spiro atoms. The molecule has 3 nitrogen and oxygen atoms in total. The molecule has 0 aromatic heterocycles. The molecule has 11 heavy (non-hydrogen) atoms. The molecule has 0 aromatic carbocycles. The van der Waals surface area contributed by atoms with Crippen LogP contribution in [0.4, 0.5) is 0 Å². The number of ether oxygens (including phenoxy) is 1. The van der Waals surface area contributed by atoms with Gasteiger partial charge in [0.2, 0.25) is 0 Å². The second-order valence-corrected chi connectivity index (χ2v) is 3.64. The summed E-state index contributed by atoms with van der Waals surface area (Å²) in [4.78, 5) is 10.2. The molecule has 0 saturated carbocycles. The quantitative estimate of drug-likeness (QED) is 0.683. The molecular weight excluding hydrogens is 144 g/mol. The number of aliphatic carboxylic acids is 1. The van der Waals surface area contributed by atoms with E-state index in [4.69, 9.17) is 9.84 Å². The molecule has 1 atom stereocenters. The van der Waals surface area contributed by atoms with Crippen LogP contribution in [0.1, 0.15) is 34.1 Å². The highest BCUT2D eigenvalue weighted by Crippen LogP contribution is 2.12. The standard InChI is InChI=1S/C8H16O3/c1-6(5-7(9)10)11-8(2,3)4/h6H,5H2,1-4H3,(H,9,10)/t6-/m0/s1. The minimum Gasteiger partial charge on any atom is -0.481 e. The summed E-state index contributed by atoms with van der Waals surface area (Å²) in [6.07, 6.45) is -0.149. The minimum absolute atomic E-state index is 0.0667. The molecule has 0 saturated heterocycles. The second-order valence-electron chi connectivity index (χ2n) is 3.64. The Morgan fingerprint density at radius 1 is 1.55 bits per heavy atom. The van der Waals surface area contributed by atoms with E-state index in [1.807, 2.05) is 20.8 Å². The zero-order valence-electron chi connectivity index (χ0n) is 7.55. The van der Waals surface area contributed by atoms with Gasteiger partial charge < -0.3 is 9.84 Å². The van der Waals surface area contributed by atoms with Crippen LogP contribution in [0.5, 0.6) is 0 Å². The third-order valence-corrected chi connectivity index (χ3v) is 1.02. The Bertz CT molecular complexity index is 135. The molecule has 1 N–H and O–H groups in total. The lowest BCUT2D eigenvalue weighted by Gasteiger charge is -2.23. The average molecular weight is 160 g/mol. The summed E-state index contributed by atoms with van der Waals surface area (Å²) >= 11 is 0. The summed E-state index contributed by atoms with van der Waals surface area (Å²) in [7, 11) is 0. The largest absolute Gasteiger partial charge is 0.481 e. The van der Waals surface area contributed by atoms with E-state index >= 15 is 0 Å². The van der Waals surface area contributed by atoms with Crippen LogP contribution in [-0.2, 0) is 9.53 Å². The maximum atomic E-state index is 10.2. The smallest absolute Gasteiger partial charge is 0.305 e. The molecule has 0 aliphatic carbocycles. The maximum Gasteiger partial charge on any atom is 0.305 e. The van der Waals surface area contributed by atoms with E-state index in [-0.39, 0.29) is 18.1 Å². The lowest BCUT2D eigenvalue weighted by atomic mass is 10.1. The van der Waals surface area contributed by atoms with Gasteiger partial charge in [-0.2, -0.15) is 0 Å². The minimum atomic E-state index is -0.818. The monoisotopic (exact) mass is 160 g/mol. The van der Waals surface area contributed by atoms with Gasteiger partial charge in [-0.25, -0.2) is 0 Å². The van der Waals surface area contributed by atoms with Crippen LogP contribution in [0.15, 0.2) is 0 Å². The van der Waals surface area contributed by atoms with E-state index in [0.29, 0.717) is 0 Å². The molecule has 0 aliphatic rings. The third kappa shape index (κ3) is 7.33. The third-order valence-electron chi connectivity index (χ3n) is 1.02. The molecule has 0 amide bonds. The number of carboxylic acid groups (broad SMARTS) is 1. The van der Waals surface area contributed by atoms with Crippen molar-refractivity contribution in [2.24, 2.45) is 0 Å². The average Bonchev–Trinajstić information content (AvgIpc) is 1.53. The fraction of sp³-hybridized carbons (Fsp3) is 0.875. The maximum absolute atomic E-state index is 10.2. The molecule has 0 aliphatic heterocycles. The molecule has 0 rings (SSSR count). The van der Waals surface area contributed by atoms with Crippen molar-refractivity contribution < 1.29 is 14.6 Å². The topological polar surface area (TPSA) is 46.5 Å². The Kier molecular flexibility index (Phi) is 3.52. The van der Waals surface area contributed by atoms with Gasteiger partial charge in [-0.1, -0.05) is 0 Å². The number of carboxylic acids is 1. The van der Waals surface area contributed by atoms with Gasteiger partial charge in [0.1, 0.15) is 0 Å². The summed E-state index contributed by atoms with van der Waals surface area (Å²) in [5, 5.41) is 8.40. The summed E-state index contributed by atoms with van der Waals surface area (Å²) in [6, 6.07) is 0. The van der Waals surface area contributed by atoms with Crippen molar-refractivity contribution in [3.8, 4) is 0 Å². The van der Waals surface area contributed by atoms with Crippen LogP contribution in [0.3, 0.4) is 0 Å². The highest BCUT2D eigenvalue weighted by molar-refractivity contribution is 5.67. The van der Waals surface area contributed by atoms with Crippen molar-refractivity contribution in [2.45, 2.75) is 45.8 Å². The van der Waals surface area contributed by atoms with Gasteiger partial charge in [0, 0.05) is 0 Å². The first-order valence-corrected chi connectivity index (χ1v) is 3.71. The summed E-state index contributed by atoms with van der Waals surface area (Å²) < 4.78 is 5.37. The molecule has 3 heteroatoms. The van der Waals surface area contributed by atoms with Crippen LogP contribution >= 0.6 is 0 Å². The highest BCUT2D eigenvalue weighted by atomic mass is 16.5. The highest BCUT2D eigenvalue weighted by Gasteiger charge is 2.16. The Morgan fingerprint density at radius 3 is 2.27 bits per heavy atom. The van der Waals surface area contributed by atoms with Gasteiger partial charge in [0.05, 0.1) is 18.1 Å². The van der Waals surface area contributed by atoms with Crippen LogP contribution in [0, 0.1) is 0 Å². The Labute approximate surface area is 67.4 Å². The van der Waals surface area contributed by atoms with Crippen molar-refractivity contribution in [3.05, 3.63) is 0 Å². The van der Waals surface area contributed by atoms with E-state index in [9.17, 15) is 4.79 Å². The molecule has 0 bridgehead atoms.